The minimum absolute atomic E-state index is 0.218. The van der Waals surface area contributed by atoms with Crippen molar-refractivity contribution in [1.29, 1.82) is 0 Å². The molecule has 0 spiro atoms. The zero-order valence-electron chi connectivity index (χ0n) is 10.9. The predicted octanol–water partition coefficient (Wildman–Crippen LogP) is 3.11. The van der Waals surface area contributed by atoms with Gasteiger partial charge >= 0.3 is 0 Å². The van der Waals surface area contributed by atoms with Crippen LogP contribution in [0.2, 0.25) is 0 Å². The van der Waals surface area contributed by atoms with E-state index in [1.165, 1.54) is 37.0 Å². The van der Waals surface area contributed by atoms with Crippen molar-refractivity contribution in [2.75, 3.05) is 19.6 Å². The molecular formula is C14H19BrN2OS. The molecule has 1 amide bonds. The Morgan fingerprint density at radius 2 is 2.32 bits per heavy atom. The van der Waals surface area contributed by atoms with Gasteiger partial charge in [-0.15, -0.1) is 11.3 Å². The van der Waals surface area contributed by atoms with Gasteiger partial charge in [0.15, 0.2) is 0 Å². The largest absolute Gasteiger partial charge is 0.335 e. The lowest BCUT2D eigenvalue weighted by Gasteiger charge is -2.30. The van der Waals surface area contributed by atoms with Crippen molar-refractivity contribution in [3.63, 3.8) is 0 Å². The molecule has 0 aromatic carbocycles. The maximum atomic E-state index is 12.7. The Kier molecular flexibility index (Phi) is 4.24. The molecule has 0 bridgehead atoms. The molecule has 2 aliphatic rings. The SMILES string of the molecule is O=C(c1sccc1Br)N(CC1CCCNC1)C1CC1. The summed E-state index contributed by atoms with van der Waals surface area (Å²) in [6.45, 7) is 3.10. The second-order valence-corrected chi connectivity index (χ2v) is 7.27. The van der Waals surface area contributed by atoms with E-state index in [0.29, 0.717) is 12.0 Å². The molecule has 2 fully saturated rings. The van der Waals surface area contributed by atoms with Crippen molar-refractivity contribution in [2.45, 2.75) is 31.7 Å². The highest BCUT2D eigenvalue weighted by molar-refractivity contribution is 9.10. The molecule has 1 aromatic heterocycles. The van der Waals surface area contributed by atoms with E-state index < -0.39 is 0 Å². The lowest BCUT2D eigenvalue weighted by Crippen LogP contribution is -2.42. The molecule has 1 N–H and O–H groups in total. The summed E-state index contributed by atoms with van der Waals surface area (Å²) in [6.07, 6.45) is 4.83. The third kappa shape index (κ3) is 3.20. The van der Waals surface area contributed by atoms with Crippen LogP contribution in [0.3, 0.4) is 0 Å². The van der Waals surface area contributed by atoms with Crippen LogP contribution < -0.4 is 5.32 Å². The lowest BCUT2D eigenvalue weighted by atomic mass is 9.99. The van der Waals surface area contributed by atoms with Gasteiger partial charge in [-0.1, -0.05) is 0 Å². The number of halogens is 1. The van der Waals surface area contributed by atoms with Crippen molar-refractivity contribution < 1.29 is 4.79 Å². The highest BCUT2D eigenvalue weighted by Gasteiger charge is 2.35. The molecule has 19 heavy (non-hydrogen) atoms. The molecule has 1 saturated heterocycles. The first-order valence-corrected chi connectivity index (χ1v) is 8.67. The monoisotopic (exact) mass is 342 g/mol. The molecule has 1 aromatic rings. The second kappa shape index (κ2) is 5.94. The Balaban J connectivity index is 1.70. The van der Waals surface area contributed by atoms with Crippen LogP contribution in [0.4, 0.5) is 0 Å². The first kappa shape index (κ1) is 13.6. The van der Waals surface area contributed by atoms with Gasteiger partial charge < -0.3 is 10.2 Å². The normalized spacial score (nSPS) is 23.3. The van der Waals surface area contributed by atoms with E-state index in [-0.39, 0.29) is 5.91 Å². The first-order chi connectivity index (χ1) is 9.25. The number of nitrogens with zero attached hydrogens (tertiary/aromatic N) is 1. The molecule has 3 nitrogen and oxygen atoms in total. The van der Waals surface area contributed by atoms with Gasteiger partial charge in [-0.3, -0.25) is 4.79 Å². The summed E-state index contributed by atoms with van der Waals surface area (Å²) >= 11 is 5.02. The topological polar surface area (TPSA) is 32.3 Å². The molecule has 2 heterocycles. The number of hydrogen-bond acceptors (Lipinski definition) is 3. The fraction of sp³-hybridized carbons (Fsp3) is 0.643. The highest BCUT2D eigenvalue weighted by atomic mass is 79.9. The molecule has 1 unspecified atom stereocenters. The third-order valence-electron chi connectivity index (χ3n) is 3.91. The Morgan fingerprint density at radius 3 is 2.89 bits per heavy atom. The van der Waals surface area contributed by atoms with Crippen LogP contribution in [-0.4, -0.2) is 36.5 Å². The molecule has 0 radical (unpaired) electrons. The fourth-order valence-electron chi connectivity index (χ4n) is 2.72. The van der Waals surface area contributed by atoms with Crippen molar-refractivity contribution in [3.05, 3.63) is 20.8 Å². The number of carbonyl (C=O) groups excluding carboxylic acids is 1. The van der Waals surface area contributed by atoms with Gasteiger partial charge in [0.05, 0.1) is 0 Å². The van der Waals surface area contributed by atoms with E-state index in [2.05, 4.69) is 26.1 Å². The zero-order valence-corrected chi connectivity index (χ0v) is 13.3. The summed E-state index contributed by atoms with van der Waals surface area (Å²) in [5.41, 5.74) is 0. The van der Waals surface area contributed by atoms with Crippen LogP contribution in [0, 0.1) is 5.92 Å². The van der Waals surface area contributed by atoms with Crippen molar-refractivity contribution in [2.24, 2.45) is 5.92 Å². The Labute approximate surface area is 126 Å². The van der Waals surface area contributed by atoms with E-state index >= 15 is 0 Å². The summed E-state index contributed by atoms with van der Waals surface area (Å²) in [4.78, 5) is 15.6. The van der Waals surface area contributed by atoms with Crippen LogP contribution in [0.15, 0.2) is 15.9 Å². The number of rotatable bonds is 4. The average molecular weight is 343 g/mol. The van der Waals surface area contributed by atoms with E-state index in [1.807, 2.05) is 11.4 Å². The minimum atomic E-state index is 0.218. The maximum absolute atomic E-state index is 12.7. The summed E-state index contributed by atoms with van der Waals surface area (Å²) in [7, 11) is 0. The molecule has 1 saturated carbocycles. The maximum Gasteiger partial charge on any atom is 0.265 e. The molecule has 1 aliphatic heterocycles. The Bertz CT molecular complexity index is 452. The van der Waals surface area contributed by atoms with Crippen LogP contribution >= 0.6 is 27.3 Å². The minimum Gasteiger partial charge on any atom is -0.335 e. The number of thiophene rings is 1. The first-order valence-electron chi connectivity index (χ1n) is 7.00. The average Bonchev–Trinajstić information content (AvgIpc) is 3.18. The van der Waals surface area contributed by atoms with Gasteiger partial charge in [-0.05, 0) is 72.1 Å². The van der Waals surface area contributed by atoms with Crippen LogP contribution in [0.25, 0.3) is 0 Å². The van der Waals surface area contributed by atoms with Gasteiger partial charge in [0.2, 0.25) is 0 Å². The van der Waals surface area contributed by atoms with Gasteiger partial charge in [-0.2, -0.15) is 0 Å². The van der Waals surface area contributed by atoms with Crippen molar-refractivity contribution in [1.82, 2.24) is 10.2 Å². The Morgan fingerprint density at radius 1 is 1.47 bits per heavy atom. The summed E-state index contributed by atoms with van der Waals surface area (Å²) in [6, 6.07) is 2.45. The number of carbonyl (C=O) groups is 1. The molecule has 3 rings (SSSR count). The smallest absolute Gasteiger partial charge is 0.265 e. The van der Waals surface area contributed by atoms with Crippen LogP contribution in [0.5, 0.6) is 0 Å². The summed E-state index contributed by atoms with van der Waals surface area (Å²) in [5.74, 6) is 0.840. The molecule has 1 aliphatic carbocycles. The van der Waals surface area contributed by atoms with Gasteiger partial charge in [-0.25, -0.2) is 0 Å². The molecule has 1 atom stereocenters. The third-order valence-corrected chi connectivity index (χ3v) is 5.74. The molecule has 104 valence electrons. The number of amides is 1. The molecular weight excluding hydrogens is 324 g/mol. The van der Waals surface area contributed by atoms with Crippen molar-refractivity contribution in [3.8, 4) is 0 Å². The second-order valence-electron chi connectivity index (χ2n) is 5.50. The van der Waals surface area contributed by atoms with E-state index in [4.69, 9.17) is 0 Å². The van der Waals surface area contributed by atoms with Gasteiger partial charge in [0.1, 0.15) is 4.88 Å². The fourth-order valence-corrected chi connectivity index (χ4v) is 4.21. The number of nitrogens with one attached hydrogen (secondary N) is 1. The standard InChI is InChI=1S/C14H19BrN2OS/c15-12-5-7-19-13(12)14(18)17(11-3-4-11)9-10-2-1-6-16-8-10/h5,7,10-11,16H,1-4,6,8-9H2. The quantitative estimate of drug-likeness (QED) is 0.911. The number of piperidine rings is 1. The lowest BCUT2D eigenvalue weighted by molar-refractivity contribution is 0.0708. The van der Waals surface area contributed by atoms with Crippen LogP contribution in [-0.2, 0) is 0 Å². The van der Waals surface area contributed by atoms with Gasteiger partial charge in [0, 0.05) is 17.1 Å². The van der Waals surface area contributed by atoms with Gasteiger partial charge in [0.25, 0.3) is 5.91 Å². The zero-order chi connectivity index (χ0) is 13.2. The Hall–Kier alpha value is -0.390. The van der Waals surface area contributed by atoms with Crippen molar-refractivity contribution >= 4 is 33.2 Å². The predicted molar refractivity (Wildman–Crippen MR) is 81.7 cm³/mol. The van der Waals surface area contributed by atoms with Crippen LogP contribution in [0.1, 0.15) is 35.4 Å². The van der Waals surface area contributed by atoms with E-state index in [0.717, 1.165) is 29.0 Å². The highest BCUT2D eigenvalue weighted by Crippen LogP contribution is 2.32. The van der Waals surface area contributed by atoms with E-state index in [9.17, 15) is 4.79 Å². The number of hydrogen-bond donors (Lipinski definition) is 1. The van der Waals surface area contributed by atoms with E-state index in [1.54, 1.807) is 0 Å². The molecule has 5 heteroatoms. The summed E-state index contributed by atoms with van der Waals surface area (Å²) in [5, 5.41) is 5.42. The summed E-state index contributed by atoms with van der Waals surface area (Å²) < 4.78 is 0.940.